The minimum Gasteiger partial charge on any atom is -0.331 e. The van der Waals surface area contributed by atoms with Gasteiger partial charge in [-0.2, -0.15) is 0 Å². The molecule has 1 aromatic heterocycles. The standard InChI is InChI=1S/C14H18ClN3/c1-18-13-3-2-11(15)9-12(13)17-14(18)8-10-4-6-16-7-5-10/h2-3,9-10,16H,4-8H2,1H3. The molecule has 0 radical (unpaired) electrons. The highest BCUT2D eigenvalue weighted by atomic mass is 35.5. The summed E-state index contributed by atoms with van der Waals surface area (Å²) in [4.78, 5) is 4.73. The third-order valence-electron chi connectivity index (χ3n) is 3.87. The van der Waals surface area contributed by atoms with Gasteiger partial charge < -0.3 is 9.88 Å². The minimum absolute atomic E-state index is 0.758. The van der Waals surface area contributed by atoms with E-state index in [2.05, 4.69) is 23.0 Å². The van der Waals surface area contributed by atoms with Crippen LogP contribution < -0.4 is 5.32 Å². The molecule has 0 atom stereocenters. The number of hydrogen-bond donors (Lipinski definition) is 1. The summed E-state index contributed by atoms with van der Waals surface area (Å²) in [7, 11) is 2.10. The van der Waals surface area contributed by atoms with Crippen molar-refractivity contribution in [2.75, 3.05) is 13.1 Å². The fraction of sp³-hybridized carbons (Fsp3) is 0.500. The fourth-order valence-corrected chi connectivity index (χ4v) is 2.92. The van der Waals surface area contributed by atoms with Gasteiger partial charge in [0.2, 0.25) is 0 Å². The van der Waals surface area contributed by atoms with Crippen LogP contribution in [0.25, 0.3) is 11.0 Å². The van der Waals surface area contributed by atoms with E-state index in [-0.39, 0.29) is 0 Å². The van der Waals surface area contributed by atoms with E-state index in [1.807, 2.05) is 12.1 Å². The Morgan fingerprint density at radius 3 is 2.94 bits per heavy atom. The number of nitrogens with one attached hydrogen (secondary N) is 1. The number of aromatic nitrogens is 2. The van der Waals surface area contributed by atoms with Crippen LogP contribution in [0.1, 0.15) is 18.7 Å². The second-order valence-electron chi connectivity index (χ2n) is 5.12. The van der Waals surface area contributed by atoms with Crippen LogP contribution in [0.2, 0.25) is 5.02 Å². The van der Waals surface area contributed by atoms with E-state index in [1.165, 1.54) is 24.2 Å². The number of benzene rings is 1. The zero-order valence-corrected chi connectivity index (χ0v) is 11.4. The number of imidazole rings is 1. The average molecular weight is 264 g/mol. The Kier molecular flexibility index (Phi) is 3.27. The summed E-state index contributed by atoms with van der Waals surface area (Å²) < 4.78 is 2.20. The van der Waals surface area contributed by atoms with Crippen molar-refractivity contribution in [2.45, 2.75) is 19.3 Å². The molecule has 3 nitrogen and oxygen atoms in total. The Morgan fingerprint density at radius 2 is 2.17 bits per heavy atom. The fourth-order valence-electron chi connectivity index (χ4n) is 2.75. The Hall–Kier alpha value is -1.06. The van der Waals surface area contributed by atoms with Gasteiger partial charge in [-0.3, -0.25) is 0 Å². The Morgan fingerprint density at radius 1 is 1.39 bits per heavy atom. The van der Waals surface area contributed by atoms with E-state index in [0.29, 0.717) is 0 Å². The van der Waals surface area contributed by atoms with Crippen molar-refractivity contribution in [3.63, 3.8) is 0 Å². The van der Waals surface area contributed by atoms with Crippen LogP contribution in [0, 0.1) is 5.92 Å². The highest BCUT2D eigenvalue weighted by molar-refractivity contribution is 6.31. The summed E-state index contributed by atoms with van der Waals surface area (Å²) >= 11 is 6.01. The predicted molar refractivity (Wildman–Crippen MR) is 75.0 cm³/mol. The summed E-state index contributed by atoms with van der Waals surface area (Å²) in [6, 6.07) is 5.93. The molecule has 4 heteroatoms. The predicted octanol–water partition coefficient (Wildman–Crippen LogP) is 2.77. The summed E-state index contributed by atoms with van der Waals surface area (Å²) in [6.45, 7) is 2.28. The number of hydrogen-bond acceptors (Lipinski definition) is 2. The van der Waals surface area contributed by atoms with Crippen molar-refractivity contribution in [3.05, 3.63) is 29.0 Å². The van der Waals surface area contributed by atoms with Crippen LogP contribution in [0.4, 0.5) is 0 Å². The number of rotatable bonds is 2. The third kappa shape index (κ3) is 2.25. The van der Waals surface area contributed by atoms with E-state index in [4.69, 9.17) is 16.6 Å². The first-order valence-electron chi connectivity index (χ1n) is 6.55. The summed E-state index contributed by atoms with van der Waals surface area (Å²) in [5, 5.41) is 4.16. The summed E-state index contributed by atoms with van der Waals surface area (Å²) in [5.41, 5.74) is 2.18. The molecular weight excluding hydrogens is 246 g/mol. The third-order valence-corrected chi connectivity index (χ3v) is 4.10. The van der Waals surface area contributed by atoms with Crippen molar-refractivity contribution in [1.29, 1.82) is 0 Å². The lowest BCUT2D eigenvalue weighted by Crippen LogP contribution is -2.29. The van der Waals surface area contributed by atoms with Gasteiger partial charge in [0.25, 0.3) is 0 Å². The quantitative estimate of drug-likeness (QED) is 0.903. The van der Waals surface area contributed by atoms with Gasteiger partial charge in [-0.25, -0.2) is 4.98 Å². The van der Waals surface area contributed by atoms with Crippen molar-refractivity contribution in [3.8, 4) is 0 Å². The average Bonchev–Trinajstić information content (AvgIpc) is 2.67. The van der Waals surface area contributed by atoms with Crippen LogP contribution in [0.5, 0.6) is 0 Å². The smallest absolute Gasteiger partial charge is 0.109 e. The molecule has 0 amide bonds. The minimum atomic E-state index is 0.758. The maximum absolute atomic E-state index is 6.01. The topological polar surface area (TPSA) is 29.9 Å². The maximum atomic E-state index is 6.01. The second-order valence-corrected chi connectivity index (χ2v) is 5.55. The molecule has 1 saturated heterocycles. The van der Waals surface area contributed by atoms with Gasteiger partial charge >= 0.3 is 0 Å². The number of nitrogens with zero attached hydrogens (tertiary/aromatic N) is 2. The first-order chi connectivity index (χ1) is 8.74. The highest BCUT2D eigenvalue weighted by Gasteiger charge is 2.17. The summed E-state index contributed by atoms with van der Waals surface area (Å²) in [5.74, 6) is 1.94. The van der Waals surface area contributed by atoms with E-state index < -0.39 is 0 Å². The number of fused-ring (bicyclic) bond motifs is 1. The summed E-state index contributed by atoms with van der Waals surface area (Å²) in [6.07, 6.45) is 3.58. The zero-order chi connectivity index (χ0) is 12.5. The SMILES string of the molecule is Cn1c(CC2CCNCC2)nc2cc(Cl)ccc21. The molecule has 96 valence electrons. The number of piperidine rings is 1. The Balaban J connectivity index is 1.89. The van der Waals surface area contributed by atoms with Gasteiger partial charge in [-0.15, -0.1) is 0 Å². The van der Waals surface area contributed by atoms with Gasteiger partial charge in [-0.1, -0.05) is 11.6 Å². The first kappa shape index (κ1) is 12.0. The van der Waals surface area contributed by atoms with Crippen LogP contribution in [0.15, 0.2) is 18.2 Å². The van der Waals surface area contributed by atoms with Gasteiger partial charge in [0.05, 0.1) is 11.0 Å². The highest BCUT2D eigenvalue weighted by Crippen LogP contribution is 2.23. The van der Waals surface area contributed by atoms with Crippen LogP contribution in [0.3, 0.4) is 0 Å². The Labute approximate surface area is 112 Å². The number of halogens is 1. The van der Waals surface area contributed by atoms with E-state index >= 15 is 0 Å². The lowest BCUT2D eigenvalue weighted by molar-refractivity contribution is 0.365. The molecule has 1 aliphatic heterocycles. The number of aryl methyl sites for hydroxylation is 1. The second kappa shape index (κ2) is 4.90. The molecule has 18 heavy (non-hydrogen) atoms. The zero-order valence-electron chi connectivity index (χ0n) is 10.6. The van der Waals surface area contributed by atoms with Crippen molar-refractivity contribution in [1.82, 2.24) is 14.9 Å². The molecule has 2 heterocycles. The molecule has 1 N–H and O–H groups in total. The molecule has 0 spiro atoms. The molecule has 3 rings (SSSR count). The normalized spacial score (nSPS) is 17.4. The Bertz CT molecular complexity index is 555. The molecule has 0 unspecified atom stereocenters. The first-order valence-corrected chi connectivity index (χ1v) is 6.93. The molecule has 0 bridgehead atoms. The van der Waals surface area contributed by atoms with Crippen molar-refractivity contribution >= 4 is 22.6 Å². The molecule has 0 aliphatic carbocycles. The van der Waals surface area contributed by atoms with Crippen LogP contribution in [-0.4, -0.2) is 22.6 Å². The maximum Gasteiger partial charge on any atom is 0.109 e. The van der Waals surface area contributed by atoms with E-state index in [9.17, 15) is 0 Å². The van der Waals surface area contributed by atoms with Crippen LogP contribution >= 0.6 is 11.6 Å². The molecule has 0 saturated carbocycles. The molecule has 1 aromatic carbocycles. The van der Waals surface area contributed by atoms with Gasteiger partial charge in [0, 0.05) is 18.5 Å². The van der Waals surface area contributed by atoms with E-state index in [1.54, 1.807) is 0 Å². The van der Waals surface area contributed by atoms with Gasteiger partial charge in [0.1, 0.15) is 5.82 Å². The lowest BCUT2D eigenvalue weighted by atomic mass is 9.94. The molecule has 1 fully saturated rings. The monoisotopic (exact) mass is 263 g/mol. The largest absolute Gasteiger partial charge is 0.331 e. The van der Waals surface area contributed by atoms with Gasteiger partial charge in [-0.05, 0) is 50.0 Å². The molecule has 2 aromatic rings. The van der Waals surface area contributed by atoms with E-state index in [0.717, 1.165) is 36.0 Å². The van der Waals surface area contributed by atoms with Gasteiger partial charge in [0.15, 0.2) is 0 Å². The van der Waals surface area contributed by atoms with Crippen molar-refractivity contribution < 1.29 is 0 Å². The molecular formula is C14H18ClN3. The van der Waals surface area contributed by atoms with Crippen molar-refractivity contribution in [2.24, 2.45) is 13.0 Å². The lowest BCUT2D eigenvalue weighted by Gasteiger charge is -2.22. The molecule has 1 aliphatic rings. The van der Waals surface area contributed by atoms with Crippen LogP contribution in [-0.2, 0) is 13.5 Å².